The maximum Gasteiger partial charge on any atom is 0.151 e. The first-order valence-corrected chi connectivity index (χ1v) is 21.7. The van der Waals surface area contributed by atoms with Gasteiger partial charge in [0.25, 0.3) is 0 Å². The SMILES string of the molecule is CCCCCCCCCC1CCC(C2CCC3(CC2)C(=O)C2(CCC(C4CCC(CCCCCCCCC)CC4)CC2)C3F)CC1. The van der Waals surface area contributed by atoms with E-state index in [0.29, 0.717) is 5.78 Å². The van der Waals surface area contributed by atoms with E-state index in [9.17, 15) is 4.79 Å². The molecule has 5 fully saturated rings. The van der Waals surface area contributed by atoms with Gasteiger partial charge in [-0.1, -0.05) is 142 Å². The largest absolute Gasteiger partial charge is 0.298 e. The van der Waals surface area contributed by atoms with Gasteiger partial charge in [0, 0.05) is 0 Å². The molecular formula is C44H77FO. The Morgan fingerprint density at radius 1 is 0.457 bits per heavy atom. The Labute approximate surface area is 286 Å². The summed E-state index contributed by atoms with van der Waals surface area (Å²) >= 11 is 0. The van der Waals surface area contributed by atoms with Crippen LogP contribution in [-0.4, -0.2) is 12.0 Å². The van der Waals surface area contributed by atoms with Gasteiger partial charge in [-0.2, -0.15) is 0 Å². The van der Waals surface area contributed by atoms with Gasteiger partial charge in [0.1, 0.15) is 6.17 Å². The fourth-order valence-corrected chi connectivity index (χ4v) is 12.1. The molecule has 0 aromatic carbocycles. The summed E-state index contributed by atoms with van der Waals surface area (Å²) in [5.74, 6) is 5.55. The Balaban J connectivity index is 0.949. The molecule has 0 aromatic rings. The van der Waals surface area contributed by atoms with Gasteiger partial charge < -0.3 is 0 Å². The van der Waals surface area contributed by atoms with Gasteiger partial charge in [0.05, 0.1) is 10.8 Å². The van der Waals surface area contributed by atoms with Crippen molar-refractivity contribution in [3.05, 3.63) is 0 Å². The number of hydrogen-bond donors (Lipinski definition) is 0. The van der Waals surface area contributed by atoms with Gasteiger partial charge in [0.15, 0.2) is 5.78 Å². The van der Waals surface area contributed by atoms with Crippen LogP contribution in [0.25, 0.3) is 0 Å². The van der Waals surface area contributed by atoms with E-state index < -0.39 is 17.0 Å². The molecule has 5 saturated carbocycles. The summed E-state index contributed by atoms with van der Waals surface area (Å²) in [7, 11) is 0. The number of unbranched alkanes of at least 4 members (excludes halogenated alkanes) is 12. The van der Waals surface area contributed by atoms with Gasteiger partial charge in [-0.15, -0.1) is 0 Å². The summed E-state index contributed by atoms with van der Waals surface area (Å²) in [6.45, 7) is 4.60. The molecule has 0 aliphatic heterocycles. The van der Waals surface area contributed by atoms with Crippen LogP contribution in [0.5, 0.6) is 0 Å². The van der Waals surface area contributed by atoms with Gasteiger partial charge in [-0.25, -0.2) is 4.39 Å². The first-order chi connectivity index (χ1) is 22.5. The van der Waals surface area contributed by atoms with E-state index in [1.807, 2.05) is 0 Å². The van der Waals surface area contributed by atoms with Crippen LogP contribution in [0.15, 0.2) is 0 Å². The van der Waals surface area contributed by atoms with E-state index >= 15 is 4.39 Å². The highest BCUT2D eigenvalue weighted by Crippen LogP contribution is 2.66. The standard InChI is InChI=1S/C44H77FO/c1-3-5-7-9-11-13-15-17-35-19-23-37(24-20-35)39-27-31-43(32-28-39)41(45)44(42(43)46)33-29-40(30-34-44)38-25-21-36(22-26-38)18-16-14-12-10-8-6-4-2/h35-41H,3-34H2,1-2H3. The quantitative estimate of drug-likeness (QED) is 0.136. The van der Waals surface area contributed by atoms with Crippen LogP contribution in [0.4, 0.5) is 4.39 Å². The molecule has 0 amide bonds. The van der Waals surface area contributed by atoms with Crippen molar-refractivity contribution in [1.82, 2.24) is 0 Å². The van der Waals surface area contributed by atoms with Crippen LogP contribution in [0.2, 0.25) is 0 Å². The highest BCUT2D eigenvalue weighted by Gasteiger charge is 2.71. The van der Waals surface area contributed by atoms with Crippen molar-refractivity contribution in [3.63, 3.8) is 0 Å². The minimum atomic E-state index is -0.843. The second-order valence-corrected chi connectivity index (χ2v) is 18.1. The number of ketones is 1. The molecular weight excluding hydrogens is 563 g/mol. The lowest BCUT2D eigenvalue weighted by Crippen LogP contribution is -2.69. The number of carbonyl (C=O) groups is 1. The van der Waals surface area contributed by atoms with Crippen LogP contribution < -0.4 is 0 Å². The summed E-state index contributed by atoms with van der Waals surface area (Å²) < 4.78 is 16.3. The van der Waals surface area contributed by atoms with Crippen LogP contribution in [0.3, 0.4) is 0 Å². The number of alkyl halides is 1. The summed E-state index contributed by atoms with van der Waals surface area (Å²) in [6, 6.07) is 0. The first kappa shape index (κ1) is 36.9. The van der Waals surface area contributed by atoms with Gasteiger partial charge in [-0.3, -0.25) is 4.79 Å². The zero-order valence-corrected chi connectivity index (χ0v) is 31.0. The van der Waals surface area contributed by atoms with Crippen molar-refractivity contribution in [1.29, 1.82) is 0 Å². The third kappa shape index (κ3) is 9.03. The molecule has 46 heavy (non-hydrogen) atoms. The molecule has 5 aliphatic carbocycles. The molecule has 2 spiro atoms. The number of Topliss-reactive ketones (excluding diaryl/α,β-unsaturated/α-hetero) is 1. The van der Waals surface area contributed by atoms with E-state index in [-0.39, 0.29) is 0 Å². The minimum absolute atomic E-state index is 0.390. The smallest absolute Gasteiger partial charge is 0.151 e. The van der Waals surface area contributed by atoms with Crippen LogP contribution in [0, 0.1) is 46.3 Å². The highest BCUT2D eigenvalue weighted by molar-refractivity contribution is 5.98. The predicted octanol–water partition coefficient (Wildman–Crippen LogP) is 14.2. The molecule has 2 heteroatoms. The fraction of sp³-hybridized carbons (Fsp3) is 0.977. The molecule has 0 saturated heterocycles. The highest BCUT2D eigenvalue weighted by atomic mass is 19.1. The molecule has 0 atom stereocenters. The molecule has 0 heterocycles. The zero-order chi connectivity index (χ0) is 32.2. The Morgan fingerprint density at radius 2 is 0.761 bits per heavy atom. The Hall–Kier alpha value is -0.400. The van der Waals surface area contributed by atoms with E-state index in [1.54, 1.807) is 0 Å². The summed E-state index contributed by atoms with van der Waals surface area (Å²) in [6.07, 6.45) is 41.2. The predicted molar refractivity (Wildman–Crippen MR) is 195 cm³/mol. The van der Waals surface area contributed by atoms with Crippen LogP contribution in [0.1, 0.15) is 219 Å². The average Bonchev–Trinajstić information content (AvgIpc) is 3.11. The van der Waals surface area contributed by atoms with Gasteiger partial charge >= 0.3 is 0 Å². The Bertz CT molecular complexity index is 779. The summed E-state index contributed by atoms with van der Waals surface area (Å²) in [5, 5.41) is 0. The molecule has 0 unspecified atom stereocenters. The van der Waals surface area contributed by atoms with Crippen molar-refractivity contribution >= 4 is 5.78 Å². The molecule has 0 radical (unpaired) electrons. The topological polar surface area (TPSA) is 17.1 Å². The molecule has 0 N–H and O–H groups in total. The Kier molecular flexibility index (Phi) is 14.9. The van der Waals surface area contributed by atoms with E-state index in [2.05, 4.69) is 13.8 Å². The van der Waals surface area contributed by atoms with Crippen molar-refractivity contribution in [2.75, 3.05) is 0 Å². The van der Waals surface area contributed by atoms with E-state index in [0.717, 1.165) is 86.9 Å². The second-order valence-electron chi connectivity index (χ2n) is 18.1. The normalized spacial score (nSPS) is 38.3. The van der Waals surface area contributed by atoms with Crippen molar-refractivity contribution < 1.29 is 9.18 Å². The number of halogens is 1. The van der Waals surface area contributed by atoms with Gasteiger partial charge in [-0.05, 0) is 113 Å². The average molecular weight is 641 g/mol. The molecule has 266 valence electrons. The summed E-state index contributed by atoms with van der Waals surface area (Å²) in [5.41, 5.74) is -1.16. The van der Waals surface area contributed by atoms with Crippen molar-refractivity contribution in [3.8, 4) is 0 Å². The maximum absolute atomic E-state index is 16.3. The number of carbonyl (C=O) groups excluding carboxylic acids is 1. The van der Waals surface area contributed by atoms with Gasteiger partial charge in [0.2, 0.25) is 0 Å². The number of rotatable bonds is 18. The maximum atomic E-state index is 16.3. The van der Waals surface area contributed by atoms with Crippen molar-refractivity contribution in [2.24, 2.45) is 46.3 Å². The monoisotopic (exact) mass is 641 g/mol. The molecule has 5 aliphatic rings. The first-order valence-electron chi connectivity index (χ1n) is 21.7. The number of hydrogen-bond acceptors (Lipinski definition) is 1. The van der Waals surface area contributed by atoms with E-state index in [1.165, 1.54) is 154 Å². The fourth-order valence-electron chi connectivity index (χ4n) is 12.1. The zero-order valence-electron chi connectivity index (χ0n) is 31.0. The molecule has 0 aromatic heterocycles. The third-order valence-corrected chi connectivity index (χ3v) is 15.3. The van der Waals surface area contributed by atoms with Crippen LogP contribution >= 0.6 is 0 Å². The lowest BCUT2D eigenvalue weighted by molar-refractivity contribution is -0.194. The minimum Gasteiger partial charge on any atom is -0.298 e. The summed E-state index contributed by atoms with van der Waals surface area (Å²) in [4.78, 5) is 13.9. The van der Waals surface area contributed by atoms with E-state index in [4.69, 9.17) is 0 Å². The second kappa shape index (κ2) is 18.6. The third-order valence-electron chi connectivity index (χ3n) is 15.3. The molecule has 0 bridgehead atoms. The molecule has 1 nitrogen and oxygen atoms in total. The lowest BCUT2D eigenvalue weighted by Gasteiger charge is -2.62. The Morgan fingerprint density at radius 3 is 1.09 bits per heavy atom. The lowest BCUT2D eigenvalue weighted by atomic mass is 9.41. The van der Waals surface area contributed by atoms with Crippen molar-refractivity contribution in [2.45, 2.75) is 225 Å². The van der Waals surface area contributed by atoms with Crippen LogP contribution in [-0.2, 0) is 4.79 Å². The molecule has 5 rings (SSSR count).